The number of hydrogen-bond donors (Lipinski definition) is 1. The molecule has 0 amide bonds. The fourth-order valence-electron chi connectivity index (χ4n) is 1.96. The van der Waals surface area contributed by atoms with Gasteiger partial charge in [-0.2, -0.15) is 0 Å². The molecular formula is C12H17NO2. The first-order chi connectivity index (χ1) is 7.35. The van der Waals surface area contributed by atoms with Crippen molar-refractivity contribution in [3.8, 4) is 11.5 Å². The van der Waals surface area contributed by atoms with Crippen LogP contribution in [-0.4, -0.2) is 20.3 Å². The standard InChI is InChI=1S/C12H17NO2/c1-14-11-7-9-3-2-6-15-12(9)8-10(11)4-5-13/h7-8H,2-6,13H2,1H3. The molecule has 1 heterocycles. The van der Waals surface area contributed by atoms with E-state index in [1.165, 1.54) is 5.56 Å². The minimum atomic E-state index is 0.634. The Morgan fingerprint density at radius 3 is 3.07 bits per heavy atom. The maximum Gasteiger partial charge on any atom is 0.123 e. The summed E-state index contributed by atoms with van der Waals surface area (Å²) in [7, 11) is 1.70. The predicted octanol–water partition coefficient (Wildman–Crippen LogP) is 1.52. The fraction of sp³-hybridized carbons (Fsp3) is 0.500. The van der Waals surface area contributed by atoms with Gasteiger partial charge in [-0.05, 0) is 49.1 Å². The van der Waals surface area contributed by atoms with Crippen LogP contribution < -0.4 is 15.2 Å². The van der Waals surface area contributed by atoms with Gasteiger partial charge in [0.1, 0.15) is 11.5 Å². The number of hydrogen-bond acceptors (Lipinski definition) is 3. The summed E-state index contributed by atoms with van der Waals surface area (Å²) in [6.45, 7) is 1.45. The summed E-state index contributed by atoms with van der Waals surface area (Å²) in [4.78, 5) is 0. The van der Waals surface area contributed by atoms with Gasteiger partial charge in [0.15, 0.2) is 0 Å². The summed E-state index contributed by atoms with van der Waals surface area (Å²) in [5.41, 5.74) is 7.95. The van der Waals surface area contributed by atoms with Gasteiger partial charge in [0.25, 0.3) is 0 Å². The molecule has 0 radical (unpaired) electrons. The maximum absolute atomic E-state index is 5.61. The lowest BCUT2D eigenvalue weighted by Gasteiger charge is -2.19. The quantitative estimate of drug-likeness (QED) is 0.817. The minimum absolute atomic E-state index is 0.634. The number of methoxy groups -OCH3 is 1. The Kier molecular flexibility index (Phi) is 3.11. The topological polar surface area (TPSA) is 44.5 Å². The van der Waals surface area contributed by atoms with Crippen molar-refractivity contribution in [3.05, 3.63) is 23.3 Å². The number of rotatable bonds is 3. The lowest BCUT2D eigenvalue weighted by Crippen LogP contribution is -2.11. The van der Waals surface area contributed by atoms with Gasteiger partial charge in [-0.25, -0.2) is 0 Å². The maximum atomic E-state index is 5.61. The van der Waals surface area contributed by atoms with Crippen molar-refractivity contribution in [1.82, 2.24) is 0 Å². The van der Waals surface area contributed by atoms with Crippen LogP contribution >= 0.6 is 0 Å². The van der Waals surface area contributed by atoms with Crippen molar-refractivity contribution in [2.24, 2.45) is 5.73 Å². The molecule has 82 valence electrons. The Morgan fingerprint density at radius 2 is 2.33 bits per heavy atom. The van der Waals surface area contributed by atoms with Crippen LogP contribution in [0.2, 0.25) is 0 Å². The molecule has 0 saturated heterocycles. The summed E-state index contributed by atoms with van der Waals surface area (Å²) in [6, 6.07) is 4.15. The lowest BCUT2D eigenvalue weighted by atomic mass is 10.0. The highest BCUT2D eigenvalue weighted by molar-refractivity contribution is 5.47. The van der Waals surface area contributed by atoms with Gasteiger partial charge in [-0.15, -0.1) is 0 Å². The summed E-state index contributed by atoms with van der Waals surface area (Å²) in [5.74, 6) is 1.94. The van der Waals surface area contributed by atoms with Gasteiger partial charge in [0.2, 0.25) is 0 Å². The molecule has 0 unspecified atom stereocenters. The van der Waals surface area contributed by atoms with Gasteiger partial charge in [-0.3, -0.25) is 0 Å². The highest BCUT2D eigenvalue weighted by Gasteiger charge is 2.14. The monoisotopic (exact) mass is 207 g/mol. The first-order valence-corrected chi connectivity index (χ1v) is 5.38. The predicted molar refractivity (Wildman–Crippen MR) is 59.6 cm³/mol. The molecule has 3 nitrogen and oxygen atoms in total. The molecule has 1 aromatic carbocycles. The second-order valence-electron chi connectivity index (χ2n) is 3.76. The molecule has 1 aliphatic heterocycles. The molecule has 15 heavy (non-hydrogen) atoms. The van der Waals surface area contributed by atoms with Crippen molar-refractivity contribution in [2.75, 3.05) is 20.3 Å². The van der Waals surface area contributed by atoms with Crippen LogP contribution in [0.4, 0.5) is 0 Å². The van der Waals surface area contributed by atoms with Crippen molar-refractivity contribution < 1.29 is 9.47 Å². The van der Waals surface area contributed by atoms with Crippen LogP contribution in [0.15, 0.2) is 12.1 Å². The second kappa shape index (κ2) is 4.53. The third kappa shape index (κ3) is 2.07. The number of ether oxygens (including phenoxy) is 2. The SMILES string of the molecule is COc1cc2c(cc1CCN)OCCC2. The van der Waals surface area contributed by atoms with E-state index >= 15 is 0 Å². The zero-order valence-electron chi connectivity index (χ0n) is 9.08. The minimum Gasteiger partial charge on any atom is -0.496 e. The Bertz CT molecular complexity index is 350. The molecule has 2 N–H and O–H groups in total. The van der Waals surface area contributed by atoms with Crippen LogP contribution in [0.3, 0.4) is 0 Å². The Hall–Kier alpha value is -1.22. The van der Waals surface area contributed by atoms with Gasteiger partial charge in [-0.1, -0.05) is 0 Å². The lowest BCUT2D eigenvalue weighted by molar-refractivity contribution is 0.286. The first kappa shape index (κ1) is 10.3. The fourth-order valence-corrected chi connectivity index (χ4v) is 1.96. The normalized spacial score (nSPS) is 14.3. The molecule has 0 fully saturated rings. The molecule has 0 saturated carbocycles. The van der Waals surface area contributed by atoms with Gasteiger partial charge in [0, 0.05) is 0 Å². The van der Waals surface area contributed by atoms with E-state index in [1.54, 1.807) is 7.11 Å². The molecular weight excluding hydrogens is 190 g/mol. The largest absolute Gasteiger partial charge is 0.496 e. The summed E-state index contributed by atoms with van der Waals surface area (Å²) >= 11 is 0. The highest BCUT2D eigenvalue weighted by Crippen LogP contribution is 2.32. The number of aryl methyl sites for hydroxylation is 1. The van der Waals surface area contributed by atoms with Gasteiger partial charge in [0.05, 0.1) is 13.7 Å². The average Bonchev–Trinajstić information content (AvgIpc) is 2.28. The van der Waals surface area contributed by atoms with Crippen LogP contribution in [0.5, 0.6) is 11.5 Å². The second-order valence-corrected chi connectivity index (χ2v) is 3.76. The van der Waals surface area contributed by atoms with Crippen molar-refractivity contribution in [1.29, 1.82) is 0 Å². The molecule has 0 aromatic heterocycles. The molecule has 1 aliphatic rings. The number of fused-ring (bicyclic) bond motifs is 1. The van der Waals surface area contributed by atoms with E-state index in [9.17, 15) is 0 Å². The zero-order chi connectivity index (χ0) is 10.7. The van der Waals surface area contributed by atoms with E-state index in [4.69, 9.17) is 15.2 Å². The molecule has 0 spiro atoms. The number of nitrogens with two attached hydrogens (primary N) is 1. The third-order valence-corrected chi connectivity index (χ3v) is 2.73. The highest BCUT2D eigenvalue weighted by atomic mass is 16.5. The molecule has 2 rings (SSSR count). The average molecular weight is 207 g/mol. The van der Waals surface area contributed by atoms with E-state index in [2.05, 4.69) is 12.1 Å². The van der Waals surface area contributed by atoms with E-state index in [-0.39, 0.29) is 0 Å². The van der Waals surface area contributed by atoms with Crippen LogP contribution in [0.25, 0.3) is 0 Å². The summed E-state index contributed by atoms with van der Waals surface area (Å²) < 4.78 is 11.0. The molecule has 0 atom stereocenters. The molecule has 0 bridgehead atoms. The molecule has 1 aromatic rings. The Balaban J connectivity index is 2.37. The summed E-state index contributed by atoms with van der Waals surface area (Å²) in [6.07, 6.45) is 3.00. The van der Waals surface area contributed by atoms with Crippen molar-refractivity contribution >= 4 is 0 Å². The smallest absolute Gasteiger partial charge is 0.123 e. The van der Waals surface area contributed by atoms with Crippen LogP contribution in [0.1, 0.15) is 17.5 Å². The Morgan fingerprint density at radius 1 is 1.47 bits per heavy atom. The van der Waals surface area contributed by atoms with Crippen LogP contribution in [0, 0.1) is 0 Å². The van der Waals surface area contributed by atoms with E-state index in [0.717, 1.165) is 42.9 Å². The molecule has 0 aliphatic carbocycles. The number of benzene rings is 1. The van der Waals surface area contributed by atoms with E-state index in [1.807, 2.05) is 0 Å². The first-order valence-electron chi connectivity index (χ1n) is 5.38. The Labute approximate surface area is 90.2 Å². The van der Waals surface area contributed by atoms with Crippen molar-refractivity contribution in [3.63, 3.8) is 0 Å². The van der Waals surface area contributed by atoms with Crippen molar-refractivity contribution in [2.45, 2.75) is 19.3 Å². The van der Waals surface area contributed by atoms with Crippen LogP contribution in [-0.2, 0) is 12.8 Å². The molecule has 3 heteroatoms. The van der Waals surface area contributed by atoms with E-state index in [0.29, 0.717) is 6.54 Å². The van der Waals surface area contributed by atoms with Gasteiger partial charge < -0.3 is 15.2 Å². The van der Waals surface area contributed by atoms with E-state index < -0.39 is 0 Å². The summed E-state index contributed by atoms with van der Waals surface area (Å²) in [5, 5.41) is 0. The van der Waals surface area contributed by atoms with Gasteiger partial charge >= 0.3 is 0 Å². The third-order valence-electron chi connectivity index (χ3n) is 2.73. The zero-order valence-corrected chi connectivity index (χ0v) is 9.08.